The molecule has 4 heterocycles. The summed E-state index contributed by atoms with van der Waals surface area (Å²) < 4.78 is 11.9. The largest absolute Gasteiger partial charge is 0.481 e. The third-order valence-corrected chi connectivity index (χ3v) is 6.72. The van der Waals surface area contributed by atoms with E-state index in [4.69, 9.17) is 9.47 Å². The third-order valence-electron chi connectivity index (χ3n) is 5.67. The summed E-state index contributed by atoms with van der Waals surface area (Å²) >= 11 is 1.87. The van der Waals surface area contributed by atoms with Crippen LogP contribution in [0.15, 0.2) is 6.07 Å². The van der Waals surface area contributed by atoms with Gasteiger partial charge in [-0.3, -0.25) is 0 Å². The number of likely N-dealkylation sites (tertiary alicyclic amines) is 1. The number of nitrogens with zero attached hydrogens (tertiary/aromatic N) is 3. The number of hydrogen-bond donors (Lipinski definition) is 0. The summed E-state index contributed by atoms with van der Waals surface area (Å²) in [5, 5.41) is 6.12. The molecule has 6 heteroatoms. The highest BCUT2D eigenvalue weighted by molar-refractivity contribution is 7.14. The maximum Gasteiger partial charge on any atom is 0.174 e. The van der Waals surface area contributed by atoms with Gasteiger partial charge in [-0.2, -0.15) is 0 Å². The molecule has 5 nitrogen and oxygen atoms in total. The average molecular weight is 380 g/mol. The van der Waals surface area contributed by atoms with Gasteiger partial charge in [0.15, 0.2) is 5.06 Å². The molecule has 0 radical (unpaired) electrons. The molecule has 2 fully saturated rings. The van der Waals surface area contributed by atoms with Crippen molar-refractivity contribution >= 4 is 11.3 Å². The van der Waals surface area contributed by atoms with Gasteiger partial charge in [0.1, 0.15) is 6.10 Å². The molecule has 2 saturated heterocycles. The van der Waals surface area contributed by atoms with E-state index in [0.29, 0.717) is 6.10 Å². The molecule has 1 aromatic rings. The van der Waals surface area contributed by atoms with Gasteiger partial charge in [-0.1, -0.05) is 13.8 Å². The topological polar surface area (TPSA) is 28.2 Å². The average Bonchev–Trinajstić information content (AvgIpc) is 3.05. The fourth-order valence-corrected chi connectivity index (χ4v) is 5.44. The first-order valence-corrected chi connectivity index (χ1v) is 11.1. The summed E-state index contributed by atoms with van der Waals surface area (Å²) in [4.78, 5) is 4.08. The van der Waals surface area contributed by atoms with E-state index < -0.39 is 0 Å². The molecule has 0 atom stereocenters. The van der Waals surface area contributed by atoms with Crippen LogP contribution in [0, 0.1) is 5.92 Å². The normalized spacial score (nSPS) is 24.1. The Kier molecular flexibility index (Phi) is 6.16. The molecule has 3 aliphatic rings. The van der Waals surface area contributed by atoms with Gasteiger partial charge in [-0.15, -0.1) is 11.3 Å². The van der Waals surface area contributed by atoms with Gasteiger partial charge in [-0.05, 0) is 36.8 Å². The second kappa shape index (κ2) is 8.57. The lowest BCUT2D eigenvalue weighted by molar-refractivity contribution is -0.0971. The maximum atomic E-state index is 6.38. The van der Waals surface area contributed by atoms with Crippen LogP contribution in [0.2, 0.25) is 0 Å². The van der Waals surface area contributed by atoms with Crippen molar-refractivity contribution in [3.8, 4) is 5.06 Å². The number of fused-ring (bicyclic) bond motifs is 1. The van der Waals surface area contributed by atoms with Crippen LogP contribution in [0.4, 0.5) is 0 Å². The minimum Gasteiger partial charge on any atom is -0.481 e. The highest BCUT2D eigenvalue weighted by Gasteiger charge is 2.27. The van der Waals surface area contributed by atoms with Gasteiger partial charge < -0.3 is 14.4 Å². The van der Waals surface area contributed by atoms with Crippen molar-refractivity contribution in [1.29, 1.82) is 0 Å². The van der Waals surface area contributed by atoms with Gasteiger partial charge in [-0.25, -0.2) is 10.0 Å². The lowest BCUT2D eigenvalue weighted by atomic mass is 10.1. The minimum atomic E-state index is 0.397. The molecule has 1 aromatic heterocycles. The zero-order chi connectivity index (χ0) is 17.9. The predicted molar refractivity (Wildman–Crippen MR) is 106 cm³/mol. The number of morpholine rings is 1. The van der Waals surface area contributed by atoms with Gasteiger partial charge >= 0.3 is 0 Å². The summed E-state index contributed by atoms with van der Waals surface area (Å²) in [5.41, 5.74) is 1.51. The highest BCUT2D eigenvalue weighted by atomic mass is 32.1. The molecule has 0 aliphatic carbocycles. The number of hydrogen-bond acceptors (Lipinski definition) is 6. The van der Waals surface area contributed by atoms with E-state index in [2.05, 4.69) is 34.8 Å². The van der Waals surface area contributed by atoms with Crippen LogP contribution in [-0.4, -0.2) is 73.5 Å². The van der Waals surface area contributed by atoms with Crippen LogP contribution in [0.3, 0.4) is 0 Å². The first-order chi connectivity index (χ1) is 12.7. The van der Waals surface area contributed by atoms with Crippen LogP contribution in [0.1, 0.15) is 37.1 Å². The molecular formula is C20H33N3O2S. The third kappa shape index (κ3) is 4.60. The van der Waals surface area contributed by atoms with Crippen molar-refractivity contribution in [3.05, 3.63) is 16.5 Å². The van der Waals surface area contributed by atoms with Crippen LogP contribution < -0.4 is 4.74 Å². The Hall–Kier alpha value is -0.660. The number of thiophene rings is 1. The molecule has 0 amide bonds. The number of rotatable bonds is 5. The Morgan fingerprint density at radius 3 is 2.62 bits per heavy atom. The highest BCUT2D eigenvalue weighted by Crippen LogP contribution is 2.35. The quantitative estimate of drug-likeness (QED) is 0.784. The summed E-state index contributed by atoms with van der Waals surface area (Å²) in [7, 11) is 0. The summed E-state index contributed by atoms with van der Waals surface area (Å²) in [6.45, 7) is 14.1. The van der Waals surface area contributed by atoms with Crippen molar-refractivity contribution in [2.75, 3.05) is 52.5 Å². The Labute approximate surface area is 161 Å². The lowest BCUT2D eigenvalue weighted by Crippen LogP contribution is -2.50. The van der Waals surface area contributed by atoms with Crippen molar-refractivity contribution in [1.82, 2.24) is 14.9 Å². The second-order valence-corrected chi connectivity index (χ2v) is 9.33. The van der Waals surface area contributed by atoms with Crippen LogP contribution in [0.5, 0.6) is 5.06 Å². The predicted octanol–water partition coefficient (Wildman–Crippen LogP) is 2.85. The van der Waals surface area contributed by atoms with Crippen LogP contribution >= 0.6 is 11.3 Å². The van der Waals surface area contributed by atoms with E-state index in [9.17, 15) is 0 Å². The molecular weight excluding hydrogens is 346 g/mol. The molecule has 146 valence electrons. The van der Waals surface area contributed by atoms with E-state index >= 15 is 0 Å². The lowest BCUT2D eigenvalue weighted by Gasteiger charge is -2.39. The van der Waals surface area contributed by atoms with Crippen molar-refractivity contribution < 1.29 is 9.47 Å². The van der Waals surface area contributed by atoms with Crippen molar-refractivity contribution in [3.63, 3.8) is 0 Å². The molecule has 0 aromatic carbocycles. The standard InChI is InChI=1S/C20H33N3O2S/c1-16(2)14-21-6-4-18(5-7-21)25-20-13-17-3-8-23(15-19(17)26-20)22-9-11-24-12-10-22/h13,16,18H,3-12,14-15H2,1-2H3. The Morgan fingerprint density at radius 2 is 1.88 bits per heavy atom. The zero-order valence-corrected chi connectivity index (χ0v) is 17.1. The smallest absolute Gasteiger partial charge is 0.174 e. The zero-order valence-electron chi connectivity index (χ0n) is 16.3. The fourth-order valence-electron chi connectivity index (χ4n) is 4.31. The Morgan fingerprint density at radius 1 is 1.12 bits per heavy atom. The Balaban J connectivity index is 1.30. The van der Waals surface area contributed by atoms with Crippen molar-refractivity contribution in [2.24, 2.45) is 5.92 Å². The molecule has 0 saturated carbocycles. The molecule has 3 aliphatic heterocycles. The van der Waals surface area contributed by atoms with Gasteiger partial charge in [0, 0.05) is 50.7 Å². The first-order valence-electron chi connectivity index (χ1n) is 10.3. The van der Waals surface area contributed by atoms with E-state index in [1.807, 2.05) is 11.3 Å². The molecule has 4 rings (SSSR count). The van der Waals surface area contributed by atoms with E-state index in [1.54, 1.807) is 0 Å². The number of hydrazine groups is 1. The molecule has 0 bridgehead atoms. The molecule has 0 unspecified atom stereocenters. The van der Waals surface area contributed by atoms with Gasteiger partial charge in [0.2, 0.25) is 0 Å². The van der Waals surface area contributed by atoms with Crippen LogP contribution in [0.25, 0.3) is 0 Å². The second-order valence-electron chi connectivity index (χ2n) is 8.23. The molecule has 0 spiro atoms. The minimum absolute atomic E-state index is 0.397. The summed E-state index contributed by atoms with van der Waals surface area (Å²) in [5.74, 6) is 0.755. The Bertz CT molecular complexity index is 578. The van der Waals surface area contributed by atoms with Crippen molar-refractivity contribution in [2.45, 2.75) is 45.8 Å². The van der Waals surface area contributed by atoms with E-state index in [-0.39, 0.29) is 0 Å². The number of ether oxygens (including phenoxy) is 2. The van der Waals surface area contributed by atoms with E-state index in [1.165, 1.54) is 30.1 Å². The fraction of sp³-hybridized carbons (Fsp3) is 0.800. The maximum absolute atomic E-state index is 6.38. The van der Waals surface area contributed by atoms with E-state index in [0.717, 1.165) is 69.6 Å². The summed E-state index contributed by atoms with van der Waals surface area (Å²) in [6.07, 6.45) is 3.86. The summed E-state index contributed by atoms with van der Waals surface area (Å²) in [6, 6.07) is 2.32. The molecule has 26 heavy (non-hydrogen) atoms. The number of piperidine rings is 1. The van der Waals surface area contributed by atoms with Crippen LogP contribution in [-0.2, 0) is 17.7 Å². The monoisotopic (exact) mass is 379 g/mol. The first kappa shape index (κ1) is 18.7. The SMILES string of the molecule is CC(C)CN1CCC(Oc2cc3c(s2)CN(N2CCOCC2)CC3)CC1. The van der Waals surface area contributed by atoms with Gasteiger partial charge in [0.05, 0.1) is 13.2 Å². The van der Waals surface area contributed by atoms with Gasteiger partial charge in [0.25, 0.3) is 0 Å². The molecule has 0 N–H and O–H groups in total.